The van der Waals surface area contributed by atoms with Crippen LogP contribution in [-0.2, 0) is 32.7 Å². The van der Waals surface area contributed by atoms with Crippen molar-refractivity contribution in [2.75, 3.05) is 26.4 Å². The van der Waals surface area contributed by atoms with Crippen LogP contribution in [0.5, 0.6) is 0 Å². The van der Waals surface area contributed by atoms with Crippen molar-refractivity contribution in [1.82, 2.24) is 0 Å². The molecule has 0 aromatic heterocycles. The lowest BCUT2D eigenvalue weighted by Gasteiger charge is -2.20. The van der Waals surface area contributed by atoms with Gasteiger partial charge in [-0.05, 0) is 77.0 Å². The van der Waals surface area contributed by atoms with Crippen molar-refractivity contribution in [1.29, 1.82) is 0 Å². The van der Waals surface area contributed by atoms with E-state index in [-0.39, 0.29) is 13.0 Å². The first-order valence-corrected chi connectivity index (χ1v) is 22.5. The van der Waals surface area contributed by atoms with Crippen molar-refractivity contribution in [3.05, 3.63) is 72.9 Å². The van der Waals surface area contributed by atoms with E-state index in [1.165, 1.54) is 57.8 Å². The summed E-state index contributed by atoms with van der Waals surface area (Å²) >= 11 is 0. The zero-order valence-electron chi connectivity index (χ0n) is 34.2. The molecule has 0 rings (SSSR count). The van der Waals surface area contributed by atoms with Gasteiger partial charge in [-0.1, -0.05) is 145 Å². The summed E-state index contributed by atoms with van der Waals surface area (Å²) in [4.78, 5) is 33.5. The maximum atomic E-state index is 12.6. The second-order valence-corrected chi connectivity index (χ2v) is 15.2. The number of ether oxygens (including phenoxy) is 2. The third-order valence-electron chi connectivity index (χ3n) is 8.47. The molecular formula is C44H76NO9P. The van der Waals surface area contributed by atoms with E-state index in [2.05, 4.69) is 86.8 Å². The third-order valence-corrected chi connectivity index (χ3v) is 9.42. The number of esters is 1. The molecule has 0 heterocycles. The van der Waals surface area contributed by atoms with Crippen molar-refractivity contribution in [2.24, 2.45) is 5.73 Å². The minimum absolute atomic E-state index is 0.0264. The van der Waals surface area contributed by atoms with Gasteiger partial charge in [-0.25, -0.2) is 4.57 Å². The molecular weight excluding hydrogens is 717 g/mol. The summed E-state index contributed by atoms with van der Waals surface area (Å²) in [5, 5.41) is 8.88. The molecule has 3 atom stereocenters. The number of aliphatic carboxylic acids is 1. The van der Waals surface area contributed by atoms with Crippen LogP contribution in [0, 0.1) is 0 Å². The lowest BCUT2D eigenvalue weighted by atomic mass is 10.1. The fourth-order valence-corrected chi connectivity index (χ4v) is 6.00. The van der Waals surface area contributed by atoms with Gasteiger partial charge in [0.1, 0.15) is 12.1 Å². The Morgan fingerprint density at radius 3 is 1.58 bits per heavy atom. The van der Waals surface area contributed by atoms with Gasteiger partial charge < -0.3 is 25.2 Å². The first-order valence-electron chi connectivity index (χ1n) is 21.0. The smallest absolute Gasteiger partial charge is 0.472 e. The first-order chi connectivity index (χ1) is 26.7. The summed E-state index contributed by atoms with van der Waals surface area (Å²) in [5.74, 6) is -1.81. The Balaban J connectivity index is 4.33. The average molecular weight is 794 g/mol. The second-order valence-electron chi connectivity index (χ2n) is 13.7. The highest BCUT2D eigenvalue weighted by atomic mass is 31.2. The summed E-state index contributed by atoms with van der Waals surface area (Å²) in [6.07, 6.45) is 48.2. The number of rotatable bonds is 39. The molecule has 0 aliphatic heterocycles. The summed E-state index contributed by atoms with van der Waals surface area (Å²) in [6, 6.07) is -1.48. The van der Waals surface area contributed by atoms with E-state index in [9.17, 15) is 19.0 Å². The third kappa shape index (κ3) is 39.4. The molecule has 3 unspecified atom stereocenters. The number of nitrogens with two attached hydrogens (primary N) is 1. The molecule has 0 radical (unpaired) electrons. The van der Waals surface area contributed by atoms with Crippen LogP contribution in [0.15, 0.2) is 72.9 Å². The van der Waals surface area contributed by atoms with Gasteiger partial charge in [0.05, 0.1) is 19.8 Å². The molecule has 4 N–H and O–H groups in total. The minimum Gasteiger partial charge on any atom is -0.480 e. The van der Waals surface area contributed by atoms with Gasteiger partial charge in [-0.3, -0.25) is 18.6 Å². The van der Waals surface area contributed by atoms with Crippen LogP contribution in [0.3, 0.4) is 0 Å². The van der Waals surface area contributed by atoms with Crippen molar-refractivity contribution in [3.63, 3.8) is 0 Å². The minimum atomic E-state index is -4.63. The van der Waals surface area contributed by atoms with Crippen molar-refractivity contribution in [2.45, 2.75) is 167 Å². The first kappa shape index (κ1) is 52.4. The summed E-state index contributed by atoms with van der Waals surface area (Å²) in [6.45, 7) is 3.57. The highest BCUT2D eigenvalue weighted by molar-refractivity contribution is 7.47. The van der Waals surface area contributed by atoms with Gasteiger partial charge in [0.25, 0.3) is 0 Å². The number of hydrogen-bond acceptors (Lipinski definition) is 8. The summed E-state index contributed by atoms with van der Waals surface area (Å²) < 4.78 is 33.2. The standard InChI is InChI=1S/C44H76NO9P/c1-3-5-7-9-11-13-15-17-19-20-21-22-23-24-26-28-30-32-34-36-43(46)54-41(39-52-55(49,50)53-40-42(45)44(47)48)38-51-37-35-33-31-29-27-25-18-16-14-12-10-8-6-4-2/h6,8,11-14,17-19,25,29,31,41-42H,3-5,7,9-10,15-16,20-24,26-28,30,32-40,45H2,1-2H3,(H,47,48)(H,49,50)/b8-6-,13-11-,14-12-,19-17-,25-18-,31-29-. The monoisotopic (exact) mass is 794 g/mol. The van der Waals surface area contributed by atoms with Crippen LogP contribution >= 0.6 is 7.82 Å². The Kier molecular flexibility index (Phi) is 37.8. The molecule has 0 aliphatic rings. The zero-order valence-corrected chi connectivity index (χ0v) is 35.1. The SMILES string of the molecule is CC/C=C\C/C=C\C/C=C\C/C=C\CCCOCC(COP(=O)(O)OCC(N)C(=O)O)OC(=O)CCCCCCCCCCC/C=C\C/C=C\CCCCC. The lowest BCUT2D eigenvalue weighted by molar-refractivity contribution is -0.154. The fourth-order valence-electron chi connectivity index (χ4n) is 5.22. The molecule has 11 heteroatoms. The Morgan fingerprint density at radius 1 is 0.600 bits per heavy atom. The van der Waals surface area contributed by atoms with E-state index in [0.717, 1.165) is 70.6 Å². The number of phosphoric acid groups is 1. The van der Waals surface area contributed by atoms with Gasteiger partial charge in [-0.2, -0.15) is 0 Å². The topological polar surface area (TPSA) is 155 Å². The van der Waals surface area contributed by atoms with Gasteiger partial charge in [0.2, 0.25) is 0 Å². The van der Waals surface area contributed by atoms with E-state index in [0.29, 0.717) is 13.0 Å². The molecule has 55 heavy (non-hydrogen) atoms. The van der Waals surface area contributed by atoms with Crippen LogP contribution in [0.4, 0.5) is 0 Å². The van der Waals surface area contributed by atoms with E-state index in [4.69, 9.17) is 29.4 Å². The normalized spacial score (nSPS) is 14.7. The Hall–Kier alpha value is -2.59. The largest absolute Gasteiger partial charge is 0.480 e. The molecule has 0 saturated carbocycles. The predicted octanol–water partition coefficient (Wildman–Crippen LogP) is 11.4. The number of carboxylic acid groups (broad SMARTS) is 1. The van der Waals surface area contributed by atoms with E-state index in [1.54, 1.807) is 0 Å². The summed E-state index contributed by atoms with van der Waals surface area (Å²) in [5.41, 5.74) is 5.34. The summed E-state index contributed by atoms with van der Waals surface area (Å²) in [7, 11) is -4.63. The van der Waals surface area contributed by atoms with Gasteiger partial charge in [0.15, 0.2) is 0 Å². The van der Waals surface area contributed by atoms with Crippen molar-refractivity contribution in [3.8, 4) is 0 Å². The fraction of sp³-hybridized carbons (Fsp3) is 0.682. The molecule has 0 amide bonds. The van der Waals surface area contributed by atoms with E-state index < -0.39 is 45.1 Å². The van der Waals surface area contributed by atoms with Gasteiger partial charge in [0, 0.05) is 13.0 Å². The molecule has 0 aromatic carbocycles. The van der Waals surface area contributed by atoms with Gasteiger partial charge in [-0.15, -0.1) is 0 Å². The van der Waals surface area contributed by atoms with Crippen LogP contribution in [0.2, 0.25) is 0 Å². The van der Waals surface area contributed by atoms with Crippen molar-refractivity contribution < 1.29 is 42.7 Å². The van der Waals surface area contributed by atoms with Crippen LogP contribution in [-0.4, -0.2) is 60.5 Å². The molecule has 10 nitrogen and oxygen atoms in total. The number of unbranched alkanes of at least 4 members (excludes halogenated alkanes) is 13. The van der Waals surface area contributed by atoms with Crippen LogP contribution in [0.1, 0.15) is 155 Å². The highest BCUT2D eigenvalue weighted by Crippen LogP contribution is 2.43. The number of phosphoric ester groups is 1. The number of allylic oxidation sites excluding steroid dienone is 12. The highest BCUT2D eigenvalue weighted by Gasteiger charge is 2.27. The van der Waals surface area contributed by atoms with Crippen molar-refractivity contribution >= 4 is 19.8 Å². The maximum absolute atomic E-state index is 12.6. The van der Waals surface area contributed by atoms with Crippen LogP contribution < -0.4 is 5.73 Å². The lowest BCUT2D eigenvalue weighted by Crippen LogP contribution is -2.34. The molecule has 0 bridgehead atoms. The number of carboxylic acids is 1. The Bertz CT molecular complexity index is 1150. The Labute approximate surface area is 334 Å². The molecule has 316 valence electrons. The molecule has 0 spiro atoms. The number of carbonyl (C=O) groups excluding carboxylic acids is 1. The van der Waals surface area contributed by atoms with E-state index in [1.807, 2.05) is 0 Å². The molecule has 0 aliphatic carbocycles. The molecule has 0 fully saturated rings. The zero-order chi connectivity index (χ0) is 40.5. The quantitative estimate of drug-likeness (QED) is 0.0237. The molecule has 0 saturated heterocycles. The number of hydrogen-bond donors (Lipinski definition) is 3. The predicted molar refractivity (Wildman–Crippen MR) is 226 cm³/mol. The average Bonchev–Trinajstić information content (AvgIpc) is 3.16. The molecule has 0 aromatic rings. The van der Waals surface area contributed by atoms with E-state index >= 15 is 0 Å². The maximum Gasteiger partial charge on any atom is 0.472 e. The number of carbonyl (C=O) groups is 2. The van der Waals surface area contributed by atoms with Crippen LogP contribution in [0.25, 0.3) is 0 Å². The van der Waals surface area contributed by atoms with Gasteiger partial charge >= 0.3 is 19.8 Å². The Morgan fingerprint density at radius 2 is 1.05 bits per heavy atom. The second kappa shape index (κ2) is 39.6.